The number of esters is 1. The Morgan fingerprint density at radius 2 is 1.38 bits per heavy atom. The summed E-state index contributed by atoms with van der Waals surface area (Å²) >= 11 is 0. The molecule has 0 amide bonds. The lowest BCUT2D eigenvalue weighted by Gasteiger charge is -2.22. The molecule has 0 saturated carbocycles. The lowest BCUT2D eigenvalue weighted by atomic mass is 9.80. The topological polar surface area (TPSA) is 43.4 Å². The van der Waals surface area contributed by atoms with E-state index < -0.39 is 0 Å². The van der Waals surface area contributed by atoms with E-state index in [0.29, 0.717) is 17.6 Å². The van der Waals surface area contributed by atoms with E-state index in [0.717, 1.165) is 11.1 Å². The summed E-state index contributed by atoms with van der Waals surface area (Å²) in [5, 5.41) is 0. The average Bonchev–Trinajstić information content (AvgIpc) is 3.24. The van der Waals surface area contributed by atoms with Crippen molar-refractivity contribution in [3.8, 4) is 0 Å². The van der Waals surface area contributed by atoms with Gasteiger partial charge < -0.3 is 4.74 Å². The molecule has 0 bridgehead atoms. The van der Waals surface area contributed by atoms with Crippen molar-refractivity contribution in [2.45, 2.75) is 18.9 Å². The number of benzene rings is 3. The number of Topliss-reactive ketones (excluding diaryl/α,β-unsaturated/α-hetero) is 1. The molecule has 2 atom stereocenters. The predicted octanol–water partition coefficient (Wildman–Crippen LogP) is 5.34. The van der Waals surface area contributed by atoms with Gasteiger partial charge in [0, 0.05) is 23.0 Å². The maximum atomic E-state index is 13.2. The van der Waals surface area contributed by atoms with Crippen LogP contribution in [0.2, 0.25) is 0 Å². The van der Waals surface area contributed by atoms with E-state index in [1.807, 2.05) is 97.1 Å². The maximum absolute atomic E-state index is 13.2. The third-order valence-corrected chi connectivity index (χ3v) is 5.33. The van der Waals surface area contributed by atoms with E-state index in [1.165, 1.54) is 0 Å². The van der Waals surface area contributed by atoms with Crippen LogP contribution in [-0.2, 0) is 16.1 Å². The largest absolute Gasteiger partial charge is 0.457 e. The molecule has 0 unspecified atom stereocenters. The Bertz CT molecular complexity index is 1010. The van der Waals surface area contributed by atoms with Crippen molar-refractivity contribution in [2.75, 3.05) is 0 Å². The van der Waals surface area contributed by atoms with Gasteiger partial charge in [0.25, 0.3) is 0 Å². The van der Waals surface area contributed by atoms with E-state index in [1.54, 1.807) is 0 Å². The van der Waals surface area contributed by atoms with Gasteiger partial charge in [0.15, 0.2) is 5.78 Å². The average molecular weight is 382 g/mol. The van der Waals surface area contributed by atoms with E-state index in [9.17, 15) is 9.59 Å². The number of carbonyl (C=O) groups is 2. The SMILES string of the molecule is O=C(OCc1ccccc1)C1=CC[C@@H](C(=O)c2ccccc2)[C@@H]1c1ccccc1. The van der Waals surface area contributed by atoms with Crippen molar-refractivity contribution in [2.24, 2.45) is 5.92 Å². The van der Waals surface area contributed by atoms with Gasteiger partial charge in [-0.3, -0.25) is 4.79 Å². The van der Waals surface area contributed by atoms with Crippen molar-refractivity contribution < 1.29 is 14.3 Å². The van der Waals surface area contributed by atoms with Gasteiger partial charge in [-0.05, 0) is 17.5 Å². The fraction of sp³-hybridized carbons (Fsp3) is 0.154. The van der Waals surface area contributed by atoms with Gasteiger partial charge in [-0.25, -0.2) is 4.79 Å². The summed E-state index contributed by atoms with van der Waals surface area (Å²) in [5.74, 6) is -0.904. The molecule has 0 spiro atoms. The van der Waals surface area contributed by atoms with Crippen molar-refractivity contribution >= 4 is 11.8 Å². The molecule has 0 N–H and O–H groups in total. The Kier molecular flexibility index (Phi) is 5.66. The smallest absolute Gasteiger partial charge is 0.334 e. The molecule has 29 heavy (non-hydrogen) atoms. The van der Waals surface area contributed by atoms with E-state index >= 15 is 0 Å². The molecular formula is C26H22O3. The van der Waals surface area contributed by atoms with Gasteiger partial charge in [0.2, 0.25) is 0 Å². The Morgan fingerprint density at radius 3 is 2.03 bits per heavy atom. The molecule has 0 fully saturated rings. The highest BCUT2D eigenvalue weighted by molar-refractivity contribution is 6.01. The number of ether oxygens (including phenoxy) is 1. The Hall–Kier alpha value is -3.46. The molecule has 3 nitrogen and oxygen atoms in total. The second kappa shape index (κ2) is 8.70. The second-order valence-corrected chi connectivity index (χ2v) is 7.18. The number of rotatable bonds is 6. The van der Waals surface area contributed by atoms with Crippen LogP contribution in [-0.4, -0.2) is 11.8 Å². The molecule has 4 rings (SSSR count). The van der Waals surface area contributed by atoms with Gasteiger partial charge in [-0.15, -0.1) is 0 Å². The molecular weight excluding hydrogens is 360 g/mol. The first kappa shape index (κ1) is 18.9. The zero-order valence-corrected chi connectivity index (χ0v) is 16.0. The Morgan fingerprint density at radius 1 is 0.793 bits per heavy atom. The van der Waals surface area contributed by atoms with Crippen LogP contribution in [0, 0.1) is 5.92 Å². The highest BCUT2D eigenvalue weighted by atomic mass is 16.5. The van der Waals surface area contributed by atoms with Crippen LogP contribution in [0.3, 0.4) is 0 Å². The van der Waals surface area contributed by atoms with E-state index in [-0.39, 0.29) is 30.2 Å². The number of hydrogen-bond acceptors (Lipinski definition) is 3. The Balaban J connectivity index is 1.58. The van der Waals surface area contributed by atoms with Crippen LogP contribution in [0.15, 0.2) is 103 Å². The molecule has 0 heterocycles. The number of ketones is 1. The lowest BCUT2D eigenvalue weighted by Crippen LogP contribution is -2.23. The predicted molar refractivity (Wildman–Crippen MR) is 112 cm³/mol. The zero-order valence-electron chi connectivity index (χ0n) is 16.0. The standard InChI is InChI=1S/C26H22O3/c27-25(21-14-8-3-9-15-21)22-16-17-23(24(22)20-12-6-2-7-13-20)26(28)29-18-19-10-4-1-5-11-19/h1-15,17,22,24H,16,18H2/t22-,24+/m1/s1. The van der Waals surface area contributed by atoms with E-state index in [4.69, 9.17) is 4.74 Å². The van der Waals surface area contributed by atoms with Gasteiger partial charge >= 0.3 is 5.97 Å². The van der Waals surface area contributed by atoms with Crippen molar-refractivity contribution in [1.29, 1.82) is 0 Å². The fourth-order valence-electron chi connectivity index (χ4n) is 3.90. The molecule has 1 aliphatic rings. The van der Waals surface area contributed by atoms with Gasteiger partial charge in [-0.1, -0.05) is 97.1 Å². The summed E-state index contributed by atoms with van der Waals surface area (Å²) in [6.07, 6.45) is 2.40. The minimum Gasteiger partial charge on any atom is -0.457 e. The lowest BCUT2D eigenvalue weighted by molar-refractivity contribution is -0.140. The second-order valence-electron chi connectivity index (χ2n) is 7.18. The summed E-state index contributed by atoms with van der Waals surface area (Å²) < 4.78 is 5.58. The molecule has 1 aliphatic carbocycles. The number of carbonyl (C=O) groups excluding carboxylic acids is 2. The molecule has 0 saturated heterocycles. The van der Waals surface area contributed by atoms with Crippen LogP contribution in [0.25, 0.3) is 0 Å². The first-order valence-electron chi connectivity index (χ1n) is 9.79. The monoisotopic (exact) mass is 382 g/mol. The quantitative estimate of drug-likeness (QED) is 0.427. The maximum Gasteiger partial charge on any atom is 0.334 e. The molecule has 144 valence electrons. The summed E-state index contributed by atoms with van der Waals surface area (Å²) in [7, 11) is 0. The first-order valence-corrected chi connectivity index (χ1v) is 9.79. The zero-order chi connectivity index (χ0) is 20.1. The molecule has 3 aromatic carbocycles. The minimum absolute atomic E-state index is 0.0570. The number of allylic oxidation sites excluding steroid dienone is 1. The molecule has 0 aromatic heterocycles. The van der Waals surface area contributed by atoms with Crippen molar-refractivity contribution in [3.05, 3.63) is 119 Å². The molecule has 0 aliphatic heterocycles. The van der Waals surface area contributed by atoms with Gasteiger partial charge in [-0.2, -0.15) is 0 Å². The highest BCUT2D eigenvalue weighted by Gasteiger charge is 2.39. The van der Waals surface area contributed by atoms with Crippen LogP contribution in [0.4, 0.5) is 0 Å². The van der Waals surface area contributed by atoms with Gasteiger partial charge in [0.05, 0.1) is 0 Å². The molecule has 3 aromatic rings. The molecule has 3 heteroatoms. The minimum atomic E-state index is -0.355. The molecule has 0 radical (unpaired) electrons. The Labute approximate surface area is 170 Å². The highest BCUT2D eigenvalue weighted by Crippen LogP contribution is 2.42. The summed E-state index contributed by atoms with van der Waals surface area (Å²) in [6, 6.07) is 28.6. The summed E-state index contributed by atoms with van der Waals surface area (Å²) in [4.78, 5) is 26.1. The fourth-order valence-corrected chi connectivity index (χ4v) is 3.90. The first-order chi connectivity index (χ1) is 14.2. The van der Waals surface area contributed by atoms with Crippen molar-refractivity contribution in [3.63, 3.8) is 0 Å². The summed E-state index contributed by atoms with van der Waals surface area (Å²) in [6.45, 7) is 0.218. The van der Waals surface area contributed by atoms with Crippen LogP contribution >= 0.6 is 0 Å². The van der Waals surface area contributed by atoms with Crippen LogP contribution in [0.5, 0.6) is 0 Å². The third-order valence-electron chi connectivity index (χ3n) is 5.33. The third kappa shape index (κ3) is 4.19. The van der Waals surface area contributed by atoms with Crippen molar-refractivity contribution in [1.82, 2.24) is 0 Å². The van der Waals surface area contributed by atoms with Crippen LogP contribution in [0.1, 0.15) is 33.8 Å². The van der Waals surface area contributed by atoms with Gasteiger partial charge in [0.1, 0.15) is 6.61 Å². The number of hydrogen-bond donors (Lipinski definition) is 0. The van der Waals surface area contributed by atoms with Crippen LogP contribution < -0.4 is 0 Å². The summed E-state index contributed by atoms with van der Waals surface area (Å²) in [5.41, 5.74) is 3.14. The van der Waals surface area contributed by atoms with E-state index in [2.05, 4.69) is 0 Å². The normalized spacial score (nSPS) is 18.1.